The molecule has 0 spiro atoms. The van der Waals surface area contributed by atoms with Gasteiger partial charge in [0.05, 0.1) is 7.11 Å². The van der Waals surface area contributed by atoms with Gasteiger partial charge in [-0.25, -0.2) is 4.79 Å². The number of amides is 1. The number of hydrogen-bond donors (Lipinski definition) is 1. The number of carbonyl (C=O) groups excluding carboxylic acids is 2. The lowest BCUT2D eigenvalue weighted by Gasteiger charge is -2.07. The van der Waals surface area contributed by atoms with Crippen molar-refractivity contribution >= 4 is 12.4 Å². The van der Waals surface area contributed by atoms with Crippen molar-refractivity contribution in [3.05, 3.63) is 0 Å². The molecule has 1 atom stereocenters. The molecule has 0 aromatic carbocycles. The average molecular weight is 159 g/mol. The van der Waals surface area contributed by atoms with Crippen LogP contribution in [0.3, 0.4) is 0 Å². The van der Waals surface area contributed by atoms with E-state index in [9.17, 15) is 9.59 Å². The van der Waals surface area contributed by atoms with Crippen LogP contribution in [-0.4, -0.2) is 26.0 Å². The minimum atomic E-state index is -0.456. The van der Waals surface area contributed by atoms with Gasteiger partial charge in [-0.3, -0.25) is 0 Å². The van der Waals surface area contributed by atoms with E-state index < -0.39 is 6.09 Å². The Kier molecular flexibility index (Phi) is 5.15. The van der Waals surface area contributed by atoms with Gasteiger partial charge in [-0.1, -0.05) is 6.92 Å². The Balaban J connectivity index is 3.36. The van der Waals surface area contributed by atoms with Gasteiger partial charge in [0.25, 0.3) is 0 Å². The summed E-state index contributed by atoms with van der Waals surface area (Å²) < 4.78 is 4.34. The van der Waals surface area contributed by atoms with Crippen molar-refractivity contribution in [3.8, 4) is 0 Å². The second kappa shape index (κ2) is 5.70. The number of methoxy groups -OCH3 is 1. The van der Waals surface area contributed by atoms with Crippen molar-refractivity contribution in [2.24, 2.45) is 5.92 Å². The van der Waals surface area contributed by atoms with Crippen LogP contribution in [0.4, 0.5) is 4.79 Å². The Bertz CT molecular complexity index is 136. The number of ether oxygens (including phenoxy) is 1. The van der Waals surface area contributed by atoms with Crippen LogP contribution < -0.4 is 5.32 Å². The molecular formula is C7H13NO3. The number of alkyl carbamates (subject to hydrolysis) is 1. The number of carbonyl (C=O) groups is 2. The normalized spacial score (nSPS) is 11.8. The maximum absolute atomic E-state index is 10.5. The first-order valence-corrected chi connectivity index (χ1v) is 3.46. The Morgan fingerprint density at radius 1 is 1.73 bits per heavy atom. The smallest absolute Gasteiger partial charge is 0.406 e. The molecule has 0 saturated heterocycles. The van der Waals surface area contributed by atoms with Crippen molar-refractivity contribution < 1.29 is 14.3 Å². The fourth-order valence-electron chi connectivity index (χ4n) is 0.577. The van der Waals surface area contributed by atoms with Crippen LogP contribution in [0.5, 0.6) is 0 Å². The fourth-order valence-corrected chi connectivity index (χ4v) is 0.577. The summed E-state index contributed by atoms with van der Waals surface area (Å²) in [7, 11) is 1.31. The van der Waals surface area contributed by atoms with E-state index >= 15 is 0 Å². The predicted octanol–water partition coefficient (Wildman–Crippen LogP) is 0.567. The van der Waals surface area contributed by atoms with E-state index in [-0.39, 0.29) is 5.92 Å². The van der Waals surface area contributed by atoms with Crippen LogP contribution in [0.1, 0.15) is 13.3 Å². The van der Waals surface area contributed by atoms with Crippen LogP contribution in [-0.2, 0) is 9.53 Å². The van der Waals surface area contributed by atoms with E-state index in [0.717, 1.165) is 6.29 Å². The quantitative estimate of drug-likeness (QED) is 0.610. The average Bonchev–Trinajstić information content (AvgIpc) is 2.01. The van der Waals surface area contributed by atoms with Gasteiger partial charge < -0.3 is 14.8 Å². The Morgan fingerprint density at radius 2 is 2.36 bits per heavy atom. The molecule has 1 amide bonds. The first-order chi connectivity index (χ1) is 5.20. The minimum Gasteiger partial charge on any atom is -0.453 e. The van der Waals surface area contributed by atoms with Crippen LogP contribution in [0.2, 0.25) is 0 Å². The molecule has 0 bridgehead atoms. The highest BCUT2D eigenvalue weighted by molar-refractivity contribution is 5.66. The first-order valence-electron chi connectivity index (χ1n) is 3.46. The minimum absolute atomic E-state index is 0.173. The lowest BCUT2D eigenvalue weighted by molar-refractivity contribution is -0.108. The molecule has 0 aliphatic heterocycles. The lowest BCUT2D eigenvalue weighted by Crippen LogP contribution is -2.28. The van der Waals surface area contributed by atoms with Gasteiger partial charge in [-0.2, -0.15) is 0 Å². The molecule has 1 unspecified atom stereocenters. The molecule has 0 fully saturated rings. The van der Waals surface area contributed by atoms with E-state index in [2.05, 4.69) is 10.1 Å². The molecule has 64 valence electrons. The van der Waals surface area contributed by atoms with Crippen LogP contribution >= 0.6 is 0 Å². The predicted molar refractivity (Wildman–Crippen MR) is 40.3 cm³/mol. The molecule has 0 saturated carbocycles. The van der Waals surface area contributed by atoms with E-state index in [1.54, 1.807) is 0 Å². The maximum Gasteiger partial charge on any atom is 0.406 e. The third-order valence-electron chi connectivity index (χ3n) is 1.28. The molecule has 0 radical (unpaired) electrons. The third-order valence-corrected chi connectivity index (χ3v) is 1.28. The van der Waals surface area contributed by atoms with Gasteiger partial charge in [0.15, 0.2) is 0 Å². The lowest BCUT2D eigenvalue weighted by atomic mass is 10.1. The van der Waals surface area contributed by atoms with E-state index in [0.29, 0.717) is 13.0 Å². The third kappa shape index (κ3) is 5.39. The monoisotopic (exact) mass is 159 g/mol. The highest BCUT2D eigenvalue weighted by atomic mass is 16.5. The van der Waals surface area contributed by atoms with Crippen LogP contribution in [0.15, 0.2) is 0 Å². The second-order valence-corrected chi connectivity index (χ2v) is 2.38. The molecule has 0 aliphatic carbocycles. The highest BCUT2D eigenvalue weighted by Gasteiger charge is 2.03. The van der Waals surface area contributed by atoms with Crippen LogP contribution in [0, 0.1) is 5.92 Å². The molecule has 4 nitrogen and oxygen atoms in total. The summed E-state index contributed by atoms with van der Waals surface area (Å²) in [6.45, 7) is 2.36. The fraction of sp³-hybridized carbons (Fsp3) is 0.714. The molecule has 0 aromatic rings. The molecule has 0 aromatic heterocycles. The summed E-state index contributed by atoms with van der Waals surface area (Å²) in [6.07, 6.45) is 0.843. The van der Waals surface area contributed by atoms with Gasteiger partial charge in [0, 0.05) is 13.0 Å². The molecule has 0 rings (SSSR count). The van der Waals surface area contributed by atoms with Crippen molar-refractivity contribution in [1.29, 1.82) is 0 Å². The molecule has 0 heterocycles. The number of nitrogens with one attached hydrogen (secondary N) is 1. The zero-order chi connectivity index (χ0) is 8.69. The van der Waals surface area contributed by atoms with Crippen molar-refractivity contribution in [3.63, 3.8) is 0 Å². The molecule has 0 aliphatic rings. The van der Waals surface area contributed by atoms with Gasteiger partial charge in [0.2, 0.25) is 0 Å². The largest absolute Gasteiger partial charge is 0.453 e. The number of hydrogen-bond acceptors (Lipinski definition) is 3. The van der Waals surface area contributed by atoms with Crippen molar-refractivity contribution in [2.75, 3.05) is 13.7 Å². The Hall–Kier alpha value is -1.06. The van der Waals surface area contributed by atoms with E-state index in [4.69, 9.17) is 0 Å². The summed E-state index contributed by atoms with van der Waals surface area (Å²) >= 11 is 0. The van der Waals surface area contributed by atoms with Crippen molar-refractivity contribution in [1.82, 2.24) is 5.32 Å². The Labute approximate surface area is 65.9 Å². The second-order valence-electron chi connectivity index (χ2n) is 2.38. The summed E-state index contributed by atoms with van der Waals surface area (Å²) in [5, 5.41) is 2.50. The number of aldehydes is 1. The van der Waals surface area contributed by atoms with Gasteiger partial charge >= 0.3 is 6.09 Å². The van der Waals surface area contributed by atoms with Gasteiger partial charge in [-0.15, -0.1) is 0 Å². The van der Waals surface area contributed by atoms with Gasteiger partial charge in [0.1, 0.15) is 6.29 Å². The highest BCUT2D eigenvalue weighted by Crippen LogP contribution is 1.95. The summed E-state index contributed by atoms with van der Waals surface area (Å²) in [5.74, 6) is 0.173. The molecular weight excluding hydrogens is 146 g/mol. The molecule has 4 heteroatoms. The topological polar surface area (TPSA) is 55.4 Å². The van der Waals surface area contributed by atoms with Crippen molar-refractivity contribution in [2.45, 2.75) is 13.3 Å². The maximum atomic E-state index is 10.5. The summed E-state index contributed by atoms with van der Waals surface area (Å²) in [4.78, 5) is 20.5. The zero-order valence-electron chi connectivity index (χ0n) is 6.79. The number of rotatable bonds is 4. The Morgan fingerprint density at radius 3 is 2.82 bits per heavy atom. The van der Waals surface area contributed by atoms with E-state index in [1.807, 2.05) is 6.92 Å². The van der Waals surface area contributed by atoms with E-state index in [1.165, 1.54) is 7.11 Å². The SMILES string of the molecule is COC(=O)NCC(C)CC=O. The standard InChI is InChI=1S/C7H13NO3/c1-6(3-4-9)5-8-7(10)11-2/h4,6H,3,5H2,1-2H3,(H,8,10). The van der Waals surface area contributed by atoms with Crippen LogP contribution in [0.25, 0.3) is 0 Å². The summed E-state index contributed by atoms with van der Waals surface area (Å²) in [5.41, 5.74) is 0. The summed E-state index contributed by atoms with van der Waals surface area (Å²) in [6, 6.07) is 0. The first kappa shape index (κ1) is 9.94. The zero-order valence-corrected chi connectivity index (χ0v) is 6.79. The molecule has 1 N–H and O–H groups in total. The molecule has 11 heavy (non-hydrogen) atoms. The van der Waals surface area contributed by atoms with Gasteiger partial charge in [-0.05, 0) is 5.92 Å².